The fourth-order valence-corrected chi connectivity index (χ4v) is 3.72. The van der Waals surface area contributed by atoms with Gasteiger partial charge in [-0.05, 0) is 42.8 Å². The highest BCUT2D eigenvalue weighted by Gasteiger charge is 2.37. The molecular formula is C21H19F3N4O3. The van der Waals surface area contributed by atoms with Crippen molar-refractivity contribution in [3.63, 3.8) is 0 Å². The number of carbonyl (C=O) groups is 2. The van der Waals surface area contributed by atoms with Crippen LogP contribution >= 0.6 is 0 Å². The first-order valence-corrected chi connectivity index (χ1v) is 9.62. The summed E-state index contributed by atoms with van der Waals surface area (Å²) in [5.41, 5.74) is 0.946. The number of amides is 2. The fourth-order valence-electron chi connectivity index (χ4n) is 3.72. The molecule has 162 valence electrons. The van der Waals surface area contributed by atoms with Gasteiger partial charge in [-0.3, -0.25) is 9.59 Å². The van der Waals surface area contributed by atoms with Crippen molar-refractivity contribution < 1.29 is 22.8 Å². The molecule has 7 nitrogen and oxygen atoms in total. The van der Waals surface area contributed by atoms with Crippen LogP contribution in [0.25, 0.3) is 11.0 Å². The topological polar surface area (TPSA) is 98.1 Å². The molecule has 1 saturated heterocycles. The highest BCUT2D eigenvalue weighted by Crippen LogP contribution is 2.33. The van der Waals surface area contributed by atoms with Crippen LogP contribution in [-0.4, -0.2) is 28.3 Å². The molecule has 0 aliphatic carbocycles. The average Bonchev–Trinajstić information content (AvgIpc) is 3.28. The van der Waals surface area contributed by atoms with Crippen LogP contribution in [0.5, 0.6) is 0 Å². The monoisotopic (exact) mass is 432 g/mol. The number of H-pyrrole nitrogens is 2. The molecule has 2 amide bonds. The number of hydrogen-bond acceptors (Lipinski definition) is 3. The van der Waals surface area contributed by atoms with Gasteiger partial charge in [0, 0.05) is 18.7 Å². The predicted octanol–water partition coefficient (Wildman–Crippen LogP) is 3.11. The molecule has 1 aliphatic heterocycles. The Hall–Kier alpha value is -3.56. The van der Waals surface area contributed by atoms with Crippen molar-refractivity contribution in [2.75, 3.05) is 11.4 Å². The first-order chi connectivity index (χ1) is 14.6. The number of fused-ring (bicyclic) bond motifs is 1. The Labute approximate surface area is 174 Å². The standard InChI is InChI=1S/C21H19F3N4O3/c1-11(12-5-6-16-17(7-12)27-20(31)26-16)25-19(30)13-8-18(29)28(10-13)15-4-2-3-14(9-15)21(22,23)24/h2-7,9,11,13H,8,10H2,1H3,(H,25,30)(H2,26,27,31). The molecule has 0 radical (unpaired) electrons. The number of anilines is 1. The molecular weight excluding hydrogens is 413 g/mol. The number of carbonyl (C=O) groups excluding carboxylic acids is 2. The maximum Gasteiger partial charge on any atom is 0.416 e. The fraction of sp³-hybridized carbons (Fsp3) is 0.286. The maximum atomic E-state index is 13.0. The van der Waals surface area contributed by atoms with Gasteiger partial charge in [0.15, 0.2) is 0 Å². The van der Waals surface area contributed by atoms with Crippen molar-refractivity contribution in [3.05, 3.63) is 64.1 Å². The zero-order valence-electron chi connectivity index (χ0n) is 16.4. The highest BCUT2D eigenvalue weighted by atomic mass is 19.4. The van der Waals surface area contributed by atoms with E-state index in [0.29, 0.717) is 11.0 Å². The summed E-state index contributed by atoms with van der Waals surface area (Å²) in [6.07, 6.45) is -4.60. The second kappa shape index (κ2) is 7.60. The normalized spacial score (nSPS) is 17.9. The number of nitrogens with zero attached hydrogens (tertiary/aromatic N) is 1. The molecule has 31 heavy (non-hydrogen) atoms. The summed E-state index contributed by atoms with van der Waals surface area (Å²) in [5.74, 6) is -1.45. The third-order valence-corrected chi connectivity index (χ3v) is 5.38. The van der Waals surface area contributed by atoms with Gasteiger partial charge in [0.05, 0.1) is 28.6 Å². The van der Waals surface area contributed by atoms with E-state index in [1.54, 1.807) is 25.1 Å². The number of alkyl halides is 3. The number of benzene rings is 2. The Kier molecular flexibility index (Phi) is 5.08. The van der Waals surface area contributed by atoms with E-state index in [1.807, 2.05) is 0 Å². The summed E-state index contributed by atoms with van der Waals surface area (Å²) in [6, 6.07) is 9.34. The van der Waals surface area contributed by atoms with Gasteiger partial charge in [-0.25, -0.2) is 4.79 Å². The molecule has 0 bridgehead atoms. The van der Waals surface area contributed by atoms with Crippen LogP contribution < -0.4 is 15.9 Å². The molecule has 2 aromatic carbocycles. The summed E-state index contributed by atoms with van der Waals surface area (Å²) in [7, 11) is 0. The number of halogens is 3. The number of imidazole rings is 1. The first-order valence-electron chi connectivity index (χ1n) is 9.62. The lowest BCUT2D eigenvalue weighted by Gasteiger charge is -2.19. The number of aromatic amines is 2. The Bertz CT molecular complexity index is 1210. The van der Waals surface area contributed by atoms with Crippen LogP contribution in [0.2, 0.25) is 0 Å². The predicted molar refractivity (Wildman–Crippen MR) is 107 cm³/mol. The number of aromatic nitrogens is 2. The van der Waals surface area contributed by atoms with E-state index >= 15 is 0 Å². The van der Waals surface area contributed by atoms with Crippen molar-refractivity contribution in [1.29, 1.82) is 0 Å². The van der Waals surface area contributed by atoms with Gasteiger partial charge in [-0.1, -0.05) is 12.1 Å². The van der Waals surface area contributed by atoms with Crippen molar-refractivity contribution in [2.45, 2.75) is 25.6 Å². The van der Waals surface area contributed by atoms with E-state index in [1.165, 1.54) is 17.0 Å². The van der Waals surface area contributed by atoms with Crippen molar-refractivity contribution in [3.8, 4) is 0 Å². The Balaban J connectivity index is 1.46. The van der Waals surface area contributed by atoms with Crippen molar-refractivity contribution >= 4 is 28.5 Å². The van der Waals surface area contributed by atoms with Gasteiger partial charge in [0.25, 0.3) is 0 Å². The average molecular weight is 432 g/mol. The SMILES string of the molecule is CC(NC(=O)C1CC(=O)N(c2cccc(C(F)(F)F)c2)C1)c1ccc2[nH]c(=O)[nH]c2c1. The van der Waals surface area contributed by atoms with E-state index in [-0.39, 0.29) is 30.2 Å². The lowest BCUT2D eigenvalue weighted by Crippen LogP contribution is -2.34. The van der Waals surface area contributed by atoms with Gasteiger partial charge in [0.1, 0.15) is 0 Å². The molecule has 1 aliphatic rings. The molecule has 0 saturated carbocycles. The van der Waals surface area contributed by atoms with Gasteiger partial charge in [-0.15, -0.1) is 0 Å². The van der Waals surface area contributed by atoms with Crippen LogP contribution in [0, 0.1) is 5.92 Å². The minimum absolute atomic E-state index is 0.00284. The molecule has 0 spiro atoms. The van der Waals surface area contributed by atoms with Crippen LogP contribution in [0.3, 0.4) is 0 Å². The minimum Gasteiger partial charge on any atom is -0.349 e. The summed E-state index contributed by atoms with van der Waals surface area (Å²) in [4.78, 5) is 43.0. The second-order valence-electron chi connectivity index (χ2n) is 7.57. The quantitative estimate of drug-likeness (QED) is 0.591. The molecule has 2 unspecified atom stereocenters. The molecule has 4 rings (SSSR count). The molecule has 1 fully saturated rings. The summed E-state index contributed by atoms with van der Waals surface area (Å²) in [6.45, 7) is 1.77. The highest BCUT2D eigenvalue weighted by molar-refractivity contribution is 6.00. The number of nitrogens with one attached hydrogen (secondary N) is 3. The smallest absolute Gasteiger partial charge is 0.349 e. The second-order valence-corrected chi connectivity index (χ2v) is 7.57. The van der Waals surface area contributed by atoms with Gasteiger partial charge < -0.3 is 20.2 Å². The van der Waals surface area contributed by atoms with Gasteiger partial charge in [-0.2, -0.15) is 13.2 Å². The minimum atomic E-state index is -4.52. The zero-order valence-corrected chi connectivity index (χ0v) is 16.4. The summed E-state index contributed by atoms with van der Waals surface area (Å²) < 4.78 is 38.9. The largest absolute Gasteiger partial charge is 0.416 e. The third-order valence-electron chi connectivity index (χ3n) is 5.38. The number of hydrogen-bond donors (Lipinski definition) is 3. The zero-order chi connectivity index (χ0) is 22.3. The molecule has 1 aromatic heterocycles. The van der Waals surface area contributed by atoms with Crippen LogP contribution in [-0.2, 0) is 15.8 Å². The Morgan fingerprint density at radius 3 is 2.61 bits per heavy atom. The summed E-state index contributed by atoms with van der Waals surface area (Å²) in [5, 5.41) is 2.84. The molecule has 3 aromatic rings. The van der Waals surface area contributed by atoms with E-state index < -0.39 is 29.6 Å². The van der Waals surface area contributed by atoms with E-state index in [0.717, 1.165) is 17.7 Å². The Morgan fingerprint density at radius 2 is 1.87 bits per heavy atom. The van der Waals surface area contributed by atoms with Crippen molar-refractivity contribution in [1.82, 2.24) is 15.3 Å². The van der Waals surface area contributed by atoms with Crippen LogP contribution in [0.15, 0.2) is 47.3 Å². The molecule has 10 heteroatoms. The van der Waals surface area contributed by atoms with E-state index in [4.69, 9.17) is 0 Å². The van der Waals surface area contributed by atoms with Gasteiger partial charge in [0.2, 0.25) is 11.8 Å². The number of rotatable bonds is 4. The van der Waals surface area contributed by atoms with Crippen molar-refractivity contribution in [2.24, 2.45) is 5.92 Å². The molecule has 2 atom stereocenters. The Morgan fingerprint density at radius 1 is 1.13 bits per heavy atom. The van der Waals surface area contributed by atoms with E-state index in [2.05, 4.69) is 15.3 Å². The lowest BCUT2D eigenvalue weighted by molar-refractivity contribution is -0.137. The lowest BCUT2D eigenvalue weighted by atomic mass is 10.0. The van der Waals surface area contributed by atoms with E-state index in [9.17, 15) is 27.6 Å². The first kappa shape index (κ1) is 20.7. The maximum absolute atomic E-state index is 13.0. The van der Waals surface area contributed by atoms with Gasteiger partial charge >= 0.3 is 11.9 Å². The van der Waals surface area contributed by atoms with Crippen LogP contribution in [0.4, 0.5) is 18.9 Å². The van der Waals surface area contributed by atoms with Crippen LogP contribution in [0.1, 0.15) is 30.5 Å². The summed E-state index contributed by atoms with van der Waals surface area (Å²) >= 11 is 0. The molecule has 2 heterocycles. The third kappa shape index (κ3) is 4.18. The molecule has 3 N–H and O–H groups in total.